The van der Waals surface area contributed by atoms with Gasteiger partial charge in [-0.15, -0.1) is 12.4 Å². The van der Waals surface area contributed by atoms with Crippen LogP contribution in [0, 0.1) is 10.1 Å². The van der Waals surface area contributed by atoms with Crippen molar-refractivity contribution >= 4 is 24.1 Å². The average molecular weight is 388 g/mol. The SMILES string of the molecule is COC(=O)COc1ccc(CN2CCCCC2C(C)N)cc1[N+](=O)[O-].Cl. The summed E-state index contributed by atoms with van der Waals surface area (Å²) < 4.78 is 9.68. The van der Waals surface area contributed by atoms with Gasteiger partial charge in [-0.1, -0.05) is 12.5 Å². The van der Waals surface area contributed by atoms with Crippen LogP contribution >= 0.6 is 12.4 Å². The van der Waals surface area contributed by atoms with E-state index in [0.717, 1.165) is 31.4 Å². The number of benzene rings is 1. The van der Waals surface area contributed by atoms with E-state index in [9.17, 15) is 14.9 Å². The Morgan fingerprint density at radius 2 is 2.19 bits per heavy atom. The Morgan fingerprint density at radius 3 is 2.81 bits per heavy atom. The molecular formula is C17H26ClN3O5. The summed E-state index contributed by atoms with van der Waals surface area (Å²) in [6.45, 7) is 3.16. The van der Waals surface area contributed by atoms with Crippen LogP contribution in [0.25, 0.3) is 0 Å². The van der Waals surface area contributed by atoms with Gasteiger partial charge in [0.25, 0.3) is 0 Å². The average Bonchev–Trinajstić information content (AvgIpc) is 2.60. The highest BCUT2D eigenvalue weighted by Gasteiger charge is 2.26. The molecule has 1 saturated heterocycles. The number of nitrogens with zero attached hydrogens (tertiary/aromatic N) is 2. The molecule has 0 spiro atoms. The summed E-state index contributed by atoms with van der Waals surface area (Å²) >= 11 is 0. The molecule has 1 aromatic rings. The Hall–Kier alpha value is -1.90. The Bertz CT molecular complexity index is 626. The van der Waals surface area contributed by atoms with Crippen molar-refractivity contribution in [1.82, 2.24) is 4.90 Å². The minimum atomic E-state index is -0.591. The number of halogens is 1. The first-order chi connectivity index (χ1) is 11.9. The van der Waals surface area contributed by atoms with E-state index in [0.29, 0.717) is 6.54 Å². The first-order valence-corrected chi connectivity index (χ1v) is 8.39. The molecule has 0 aromatic heterocycles. The van der Waals surface area contributed by atoms with Crippen LogP contribution in [0.1, 0.15) is 31.7 Å². The summed E-state index contributed by atoms with van der Waals surface area (Å²) in [6.07, 6.45) is 3.30. The number of nitro benzene ring substituents is 1. The van der Waals surface area contributed by atoms with Gasteiger partial charge in [0, 0.05) is 24.7 Å². The molecule has 26 heavy (non-hydrogen) atoms. The second-order valence-corrected chi connectivity index (χ2v) is 6.32. The standard InChI is InChI=1S/C17H25N3O5.ClH/c1-12(18)14-5-3-4-8-19(14)10-13-6-7-16(15(9-13)20(22)23)25-11-17(21)24-2;/h6-7,9,12,14H,3-5,8,10-11,18H2,1-2H3;1H. The third-order valence-electron chi connectivity index (χ3n) is 4.45. The van der Waals surface area contributed by atoms with Crippen molar-refractivity contribution in [3.63, 3.8) is 0 Å². The lowest BCUT2D eigenvalue weighted by atomic mass is 9.96. The number of carbonyl (C=O) groups is 1. The molecule has 146 valence electrons. The topological polar surface area (TPSA) is 108 Å². The third-order valence-corrected chi connectivity index (χ3v) is 4.45. The predicted octanol–water partition coefficient (Wildman–Crippen LogP) is 2.27. The first-order valence-electron chi connectivity index (χ1n) is 8.39. The van der Waals surface area contributed by atoms with Crippen LogP contribution in [-0.4, -0.2) is 48.1 Å². The molecule has 2 atom stereocenters. The Balaban J connectivity index is 0.00000338. The molecule has 0 aliphatic carbocycles. The number of carbonyl (C=O) groups excluding carboxylic acids is 1. The number of esters is 1. The number of hydrogen-bond donors (Lipinski definition) is 1. The van der Waals surface area contributed by atoms with E-state index in [2.05, 4.69) is 9.64 Å². The van der Waals surface area contributed by atoms with Crippen molar-refractivity contribution in [2.45, 2.75) is 44.8 Å². The monoisotopic (exact) mass is 387 g/mol. The van der Waals surface area contributed by atoms with Crippen molar-refractivity contribution in [3.05, 3.63) is 33.9 Å². The van der Waals surface area contributed by atoms with Gasteiger partial charge in [-0.2, -0.15) is 0 Å². The molecule has 9 heteroatoms. The molecule has 1 heterocycles. The van der Waals surface area contributed by atoms with Gasteiger partial charge >= 0.3 is 11.7 Å². The third kappa shape index (κ3) is 5.82. The quantitative estimate of drug-likeness (QED) is 0.434. The maximum atomic E-state index is 11.3. The highest BCUT2D eigenvalue weighted by molar-refractivity contribution is 5.85. The van der Waals surface area contributed by atoms with Crippen LogP contribution in [0.3, 0.4) is 0 Å². The smallest absolute Gasteiger partial charge is 0.343 e. The van der Waals surface area contributed by atoms with Gasteiger partial charge in [-0.3, -0.25) is 15.0 Å². The fourth-order valence-corrected chi connectivity index (χ4v) is 3.16. The lowest BCUT2D eigenvalue weighted by Gasteiger charge is -2.38. The summed E-state index contributed by atoms with van der Waals surface area (Å²) in [4.78, 5) is 24.3. The summed E-state index contributed by atoms with van der Waals surface area (Å²) in [5.41, 5.74) is 6.75. The highest BCUT2D eigenvalue weighted by atomic mass is 35.5. The largest absolute Gasteiger partial charge is 0.475 e. The van der Waals surface area contributed by atoms with Gasteiger partial charge in [-0.05, 0) is 37.9 Å². The van der Waals surface area contributed by atoms with Gasteiger partial charge in [0.15, 0.2) is 12.4 Å². The van der Waals surface area contributed by atoms with E-state index in [1.807, 2.05) is 6.92 Å². The van der Waals surface area contributed by atoms with Gasteiger partial charge in [0.05, 0.1) is 12.0 Å². The minimum Gasteiger partial charge on any atom is -0.475 e. The zero-order valence-corrected chi connectivity index (χ0v) is 15.9. The second-order valence-electron chi connectivity index (χ2n) is 6.32. The Labute approximate surface area is 159 Å². The molecule has 1 fully saturated rings. The van der Waals surface area contributed by atoms with Gasteiger partial charge in [0.1, 0.15) is 0 Å². The molecular weight excluding hydrogens is 362 g/mol. The van der Waals surface area contributed by atoms with Gasteiger partial charge < -0.3 is 15.2 Å². The number of methoxy groups -OCH3 is 1. The first kappa shape index (κ1) is 22.1. The van der Waals surface area contributed by atoms with E-state index >= 15 is 0 Å². The number of rotatable bonds is 7. The summed E-state index contributed by atoms with van der Waals surface area (Å²) in [7, 11) is 1.23. The van der Waals surface area contributed by atoms with Crippen LogP contribution in [-0.2, 0) is 16.1 Å². The van der Waals surface area contributed by atoms with Gasteiger partial charge in [0.2, 0.25) is 0 Å². The molecule has 0 saturated carbocycles. The van der Waals surface area contributed by atoms with Crippen LogP contribution in [0.5, 0.6) is 5.75 Å². The predicted molar refractivity (Wildman–Crippen MR) is 99.6 cm³/mol. The minimum absolute atomic E-state index is 0. The van der Waals surface area contributed by atoms with Crippen LogP contribution in [0.15, 0.2) is 18.2 Å². The van der Waals surface area contributed by atoms with E-state index in [1.54, 1.807) is 6.07 Å². The van der Waals surface area contributed by atoms with Crippen molar-refractivity contribution in [1.29, 1.82) is 0 Å². The summed E-state index contributed by atoms with van der Waals surface area (Å²) in [5.74, 6) is -0.534. The zero-order valence-electron chi connectivity index (χ0n) is 15.1. The van der Waals surface area contributed by atoms with E-state index < -0.39 is 10.9 Å². The number of hydrogen-bond acceptors (Lipinski definition) is 7. The molecule has 1 aromatic carbocycles. The fourth-order valence-electron chi connectivity index (χ4n) is 3.16. The van der Waals surface area contributed by atoms with Crippen molar-refractivity contribution in [2.75, 3.05) is 20.3 Å². The molecule has 2 rings (SSSR count). The molecule has 8 nitrogen and oxygen atoms in total. The van der Waals surface area contributed by atoms with Crippen molar-refractivity contribution < 1.29 is 19.2 Å². The molecule has 1 aliphatic heterocycles. The number of ether oxygens (including phenoxy) is 2. The fraction of sp³-hybridized carbons (Fsp3) is 0.588. The van der Waals surface area contributed by atoms with Crippen LogP contribution in [0.2, 0.25) is 0 Å². The Morgan fingerprint density at radius 1 is 1.46 bits per heavy atom. The second kappa shape index (κ2) is 10.3. The normalized spacial score (nSPS) is 18.5. The lowest BCUT2D eigenvalue weighted by molar-refractivity contribution is -0.385. The maximum Gasteiger partial charge on any atom is 0.343 e. The van der Waals surface area contributed by atoms with E-state index in [-0.39, 0.29) is 42.5 Å². The van der Waals surface area contributed by atoms with E-state index in [1.165, 1.54) is 19.2 Å². The number of nitro groups is 1. The van der Waals surface area contributed by atoms with E-state index in [4.69, 9.17) is 10.5 Å². The lowest BCUT2D eigenvalue weighted by Crippen LogP contribution is -2.48. The summed E-state index contributed by atoms with van der Waals surface area (Å²) in [5, 5.41) is 11.3. The molecule has 2 unspecified atom stereocenters. The van der Waals surface area contributed by atoms with Crippen LogP contribution in [0.4, 0.5) is 5.69 Å². The zero-order chi connectivity index (χ0) is 18.4. The Kier molecular flexibility index (Phi) is 8.77. The van der Waals surface area contributed by atoms with Crippen LogP contribution < -0.4 is 10.5 Å². The maximum absolute atomic E-state index is 11.3. The van der Waals surface area contributed by atoms with Crippen molar-refractivity contribution in [3.8, 4) is 5.75 Å². The summed E-state index contributed by atoms with van der Waals surface area (Å²) in [6, 6.07) is 5.15. The molecule has 1 aliphatic rings. The molecule has 0 bridgehead atoms. The van der Waals surface area contributed by atoms with Gasteiger partial charge in [-0.25, -0.2) is 4.79 Å². The number of piperidine rings is 1. The molecule has 0 amide bonds. The number of nitrogens with two attached hydrogens (primary N) is 1. The highest BCUT2D eigenvalue weighted by Crippen LogP contribution is 2.30. The molecule has 2 N–H and O–H groups in total. The van der Waals surface area contributed by atoms with Crippen molar-refractivity contribution in [2.24, 2.45) is 5.73 Å². The molecule has 0 radical (unpaired) electrons. The number of likely N-dealkylation sites (tertiary alicyclic amines) is 1.